The van der Waals surface area contributed by atoms with E-state index in [4.69, 9.17) is 5.26 Å². The summed E-state index contributed by atoms with van der Waals surface area (Å²) in [4.78, 5) is 4.23. The van der Waals surface area contributed by atoms with Gasteiger partial charge < -0.3 is 5.32 Å². The zero-order valence-electron chi connectivity index (χ0n) is 9.94. The molecule has 18 heavy (non-hydrogen) atoms. The van der Waals surface area contributed by atoms with Crippen molar-refractivity contribution >= 4 is 5.69 Å². The van der Waals surface area contributed by atoms with Gasteiger partial charge in [0.1, 0.15) is 17.4 Å². The first-order chi connectivity index (χ1) is 8.72. The summed E-state index contributed by atoms with van der Waals surface area (Å²) >= 11 is 0. The molecular formula is C14H12FN3. The highest BCUT2D eigenvalue weighted by Crippen LogP contribution is 2.18. The molecule has 0 aliphatic rings. The Hall–Kier alpha value is -2.41. The molecule has 0 spiro atoms. The van der Waals surface area contributed by atoms with E-state index in [2.05, 4.69) is 10.3 Å². The molecule has 0 bridgehead atoms. The minimum absolute atomic E-state index is 0.0334. The number of aryl methyl sites for hydroxylation is 1. The normalized spacial score (nSPS) is 9.83. The second kappa shape index (κ2) is 5.28. The number of nitrogens with zero attached hydrogens (tertiary/aromatic N) is 2. The molecule has 90 valence electrons. The third-order valence-corrected chi connectivity index (χ3v) is 2.69. The van der Waals surface area contributed by atoms with Gasteiger partial charge in [-0.3, -0.25) is 4.98 Å². The monoisotopic (exact) mass is 241 g/mol. The van der Waals surface area contributed by atoms with Gasteiger partial charge in [0.2, 0.25) is 0 Å². The predicted molar refractivity (Wildman–Crippen MR) is 67.4 cm³/mol. The van der Waals surface area contributed by atoms with Crippen molar-refractivity contribution in [2.24, 2.45) is 0 Å². The van der Waals surface area contributed by atoms with Gasteiger partial charge in [-0.1, -0.05) is 12.1 Å². The highest BCUT2D eigenvalue weighted by atomic mass is 19.1. The number of rotatable bonds is 3. The SMILES string of the molecule is Cc1cccnc1CNc1cccc(F)c1C#N. The van der Waals surface area contributed by atoms with Gasteiger partial charge in [0, 0.05) is 6.20 Å². The van der Waals surface area contributed by atoms with Crippen molar-refractivity contribution in [3.63, 3.8) is 0 Å². The van der Waals surface area contributed by atoms with Crippen LogP contribution in [-0.2, 0) is 6.54 Å². The summed E-state index contributed by atoms with van der Waals surface area (Å²) in [6.45, 7) is 2.42. The highest BCUT2D eigenvalue weighted by molar-refractivity contribution is 5.58. The van der Waals surface area contributed by atoms with E-state index in [9.17, 15) is 4.39 Å². The average Bonchev–Trinajstić information content (AvgIpc) is 2.38. The molecular weight excluding hydrogens is 229 g/mol. The molecule has 0 saturated carbocycles. The van der Waals surface area contributed by atoms with Crippen LogP contribution in [0.5, 0.6) is 0 Å². The summed E-state index contributed by atoms with van der Waals surface area (Å²) in [6.07, 6.45) is 1.71. The van der Waals surface area contributed by atoms with Crippen LogP contribution in [0, 0.1) is 24.1 Å². The van der Waals surface area contributed by atoms with Crippen LogP contribution in [0.1, 0.15) is 16.8 Å². The number of halogens is 1. The molecule has 1 aromatic carbocycles. The van der Waals surface area contributed by atoms with Crippen LogP contribution >= 0.6 is 0 Å². The largest absolute Gasteiger partial charge is 0.378 e. The van der Waals surface area contributed by atoms with Crippen LogP contribution in [0.25, 0.3) is 0 Å². The first kappa shape index (κ1) is 12.1. The summed E-state index contributed by atoms with van der Waals surface area (Å²) in [6, 6.07) is 10.2. The lowest BCUT2D eigenvalue weighted by Crippen LogP contribution is -2.05. The second-order valence-corrected chi connectivity index (χ2v) is 3.89. The maximum atomic E-state index is 13.4. The topological polar surface area (TPSA) is 48.7 Å². The molecule has 0 fully saturated rings. The fourth-order valence-electron chi connectivity index (χ4n) is 1.67. The lowest BCUT2D eigenvalue weighted by molar-refractivity contribution is 0.624. The van der Waals surface area contributed by atoms with E-state index in [0.717, 1.165) is 11.3 Å². The number of anilines is 1. The average molecular weight is 241 g/mol. The van der Waals surface area contributed by atoms with Crippen LogP contribution in [-0.4, -0.2) is 4.98 Å². The van der Waals surface area contributed by atoms with Crippen molar-refractivity contribution in [3.8, 4) is 6.07 Å². The Labute approximate surface area is 105 Å². The van der Waals surface area contributed by atoms with Crippen molar-refractivity contribution < 1.29 is 4.39 Å². The second-order valence-electron chi connectivity index (χ2n) is 3.89. The molecule has 3 nitrogen and oxygen atoms in total. The minimum Gasteiger partial charge on any atom is -0.378 e. The van der Waals surface area contributed by atoms with E-state index in [1.165, 1.54) is 6.07 Å². The Morgan fingerprint density at radius 2 is 2.17 bits per heavy atom. The molecule has 1 aromatic heterocycles. The van der Waals surface area contributed by atoms with E-state index >= 15 is 0 Å². The van der Waals surface area contributed by atoms with Gasteiger partial charge in [-0.15, -0.1) is 0 Å². The molecule has 2 rings (SSSR count). The summed E-state index contributed by atoms with van der Waals surface area (Å²) in [5, 5.41) is 11.9. The Bertz CT molecular complexity index is 602. The zero-order valence-corrected chi connectivity index (χ0v) is 9.94. The van der Waals surface area contributed by atoms with Crippen molar-refractivity contribution in [2.45, 2.75) is 13.5 Å². The number of nitrogens with one attached hydrogen (secondary N) is 1. The van der Waals surface area contributed by atoms with E-state index in [1.54, 1.807) is 18.3 Å². The number of hydrogen-bond donors (Lipinski definition) is 1. The molecule has 1 N–H and O–H groups in total. The van der Waals surface area contributed by atoms with Crippen molar-refractivity contribution in [2.75, 3.05) is 5.32 Å². The van der Waals surface area contributed by atoms with Gasteiger partial charge in [-0.05, 0) is 30.7 Å². The van der Waals surface area contributed by atoms with Crippen molar-refractivity contribution in [1.29, 1.82) is 5.26 Å². The molecule has 2 aromatic rings. The van der Waals surface area contributed by atoms with Crippen LogP contribution in [0.4, 0.5) is 10.1 Å². The van der Waals surface area contributed by atoms with Gasteiger partial charge in [-0.25, -0.2) is 4.39 Å². The van der Waals surface area contributed by atoms with Gasteiger partial charge in [-0.2, -0.15) is 5.26 Å². The Morgan fingerprint density at radius 1 is 1.33 bits per heavy atom. The molecule has 0 amide bonds. The standard InChI is InChI=1S/C14H12FN3/c1-10-4-3-7-17-14(10)9-18-13-6-2-5-12(15)11(13)8-16/h2-7,18H,9H2,1H3. The van der Waals surface area contributed by atoms with E-state index in [0.29, 0.717) is 12.2 Å². The quantitative estimate of drug-likeness (QED) is 0.898. The Kier molecular flexibility index (Phi) is 3.54. The molecule has 0 aliphatic heterocycles. The third kappa shape index (κ3) is 2.46. The predicted octanol–water partition coefficient (Wildman–Crippen LogP) is 3.01. The van der Waals surface area contributed by atoms with E-state index in [1.807, 2.05) is 25.1 Å². The van der Waals surface area contributed by atoms with Crippen LogP contribution in [0.2, 0.25) is 0 Å². The minimum atomic E-state index is -0.514. The fraction of sp³-hybridized carbons (Fsp3) is 0.143. The molecule has 4 heteroatoms. The first-order valence-electron chi connectivity index (χ1n) is 5.55. The molecule has 0 radical (unpaired) electrons. The highest BCUT2D eigenvalue weighted by Gasteiger charge is 2.07. The van der Waals surface area contributed by atoms with Gasteiger partial charge >= 0.3 is 0 Å². The molecule has 0 atom stereocenters. The summed E-state index contributed by atoms with van der Waals surface area (Å²) in [5.41, 5.74) is 2.46. The number of benzene rings is 1. The lowest BCUT2D eigenvalue weighted by Gasteiger charge is -2.09. The number of nitriles is 1. The number of hydrogen-bond acceptors (Lipinski definition) is 3. The Balaban J connectivity index is 2.19. The third-order valence-electron chi connectivity index (χ3n) is 2.69. The van der Waals surface area contributed by atoms with Gasteiger partial charge in [0.15, 0.2) is 0 Å². The van der Waals surface area contributed by atoms with Crippen molar-refractivity contribution in [1.82, 2.24) is 4.98 Å². The molecule has 1 heterocycles. The Morgan fingerprint density at radius 3 is 2.89 bits per heavy atom. The number of aromatic nitrogens is 1. The smallest absolute Gasteiger partial charge is 0.143 e. The van der Waals surface area contributed by atoms with Gasteiger partial charge in [0.05, 0.1) is 17.9 Å². The maximum Gasteiger partial charge on any atom is 0.143 e. The molecule has 0 unspecified atom stereocenters. The summed E-state index contributed by atoms with van der Waals surface area (Å²) in [7, 11) is 0. The van der Waals surface area contributed by atoms with Crippen LogP contribution in [0.15, 0.2) is 36.5 Å². The summed E-state index contributed by atoms with van der Waals surface area (Å²) in [5.74, 6) is -0.514. The maximum absolute atomic E-state index is 13.4. The lowest BCUT2D eigenvalue weighted by atomic mass is 10.1. The van der Waals surface area contributed by atoms with E-state index in [-0.39, 0.29) is 5.56 Å². The fourth-order valence-corrected chi connectivity index (χ4v) is 1.67. The molecule has 0 saturated heterocycles. The summed E-state index contributed by atoms with van der Waals surface area (Å²) < 4.78 is 13.4. The van der Waals surface area contributed by atoms with Crippen LogP contribution in [0.3, 0.4) is 0 Å². The van der Waals surface area contributed by atoms with E-state index < -0.39 is 5.82 Å². The number of pyridine rings is 1. The zero-order chi connectivity index (χ0) is 13.0. The van der Waals surface area contributed by atoms with Crippen LogP contribution < -0.4 is 5.32 Å². The van der Waals surface area contributed by atoms with Crippen molar-refractivity contribution in [3.05, 3.63) is 59.2 Å². The van der Waals surface area contributed by atoms with Gasteiger partial charge in [0.25, 0.3) is 0 Å². The first-order valence-corrected chi connectivity index (χ1v) is 5.55. The molecule has 0 aliphatic carbocycles.